The average Bonchev–Trinajstić information content (AvgIpc) is 2.47. The Morgan fingerprint density at radius 2 is 1.65 bits per heavy atom. The first-order valence-electron chi connectivity index (χ1n) is 6.35. The van der Waals surface area contributed by atoms with Crippen molar-refractivity contribution in [3.8, 4) is 0 Å². The summed E-state index contributed by atoms with van der Waals surface area (Å²) in [5.74, 6) is 0. The Hall–Kier alpha value is -1.10. The largest absolute Gasteiger partial charge is 0.320 e. The van der Waals surface area contributed by atoms with E-state index in [0.717, 1.165) is 26.9 Å². The van der Waals surface area contributed by atoms with Crippen molar-refractivity contribution in [1.29, 1.82) is 0 Å². The maximum absolute atomic E-state index is 6.45. The Morgan fingerprint density at radius 3 is 2.40 bits per heavy atom. The van der Waals surface area contributed by atoms with Gasteiger partial charge in [-0.3, -0.25) is 0 Å². The molecule has 0 saturated heterocycles. The van der Waals surface area contributed by atoms with Crippen LogP contribution in [0.15, 0.2) is 60.7 Å². The fourth-order valence-electron chi connectivity index (χ4n) is 2.44. The van der Waals surface area contributed by atoms with Crippen molar-refractivity contribution in [3.05, 3.63) is 80.4 Å². The van der Waals surface area contributed by atoms with E-state index in [1.807, 2.05) is 36.4 Å². The quantitative estimate of drug-likeness (QED) is 0.599. The molecule has 1 unspecified atom stereocenters. The Kier molecular flexibility index (Phi) is 3.96. The third kappa shape index (κ3) is 2.55. The summed E-state index contributed by atoms with van der Waals surface area (Å²) >= 11 is 8.57. The van der Waals surface area contributed by atoms with Gasteiger partial charge < -0.3 is 5.73 Å². The first kappa shape index (κ1) is 13.9. The summed E-state index contributed by atoms with van der Waals surface area (Å²) < 4.78 is 1.19. The van der Waals surface area contributed by atoms with Crippen molar-refractivity contribution in [1.82, 2.24) is 0 Å². The minimum Gasteiger partial charge on any atom is -0.320 e. The highest BCUT2D eigenvalue weighted by Gasteiger charge is 2.13. The van der Waals surface area contributed by atoms with Crippen molar-refractivity contribution >= 4 is 45.0 Å². The predicted octanol–water partition coefficient (Wildman–Crippen LogP) is 5.15. The zero-order valence-electron chi connectivity index (χ0n) is 10.7. The van der Waals surface area contributed by atoms with Crippen LogP contribution in [0.1, 0.15) is 17.2 Å². The second kappa shape index (κ2) is 5.72. The average molecular weight is 394 g/mol. The molecule has 0 saturated carbocycles. The molecule has 0 aromatic heterocycles. The SMILES string of the molecule is NC(c1cccc(I)c1)c1ccc(Cl)c2ccccc12. The molecule has 1 atom stereocenters. The lowest BCUT2D eigenvalue weighted by Crippen LogP contribution is -2.12. The zero-order valence-corrected chi connectivity index (χ0v) is 13.6. The van der Waals surface area contributed by atoms with E-state index in [4.69, 9.17) is 17.3 Å². The summed E-state index contributed by atoms with van der Waals surface area (Å²) in [5, 5.41) is 2.93. The fraction of sp³-hybridized carbons (Fsp3) is 0.0588. The summed E-state index contributed by atoms with van der Waals surface area (Å²) in [4.78, 5) is 0. The van der Waals surface area contributed by atoms with Crippen LogP contribution in [0.5, 0.6) is 0 Å². The normalized spacial score (nSPS) is 12.6. The highest BCUT2D eigenvalue weighted by Crippen LogP contribution is 2.31. The molecule has 3 aromatic rings. The molecule has 0 spiro atoms. The molecule has 3 rings (SSSR count). The molecule has 0 bridgehead atoms. The molecule has 0 fully saturated rings. The highest BCUT2D eigenvalue weighted by molar-refractivity contribution is 14.1. The number of hydrogen-bond donors (Lipinski definition) is 1. The van der Waals surface area contributed by atoms with Gasteiger partial charge in [0.2, 0.25) is 0 Å². The predicted molar refractivity (Wildman–Crippen MR) is 94.1 cm³/mol. The number of rotatable bonds is 2. The molecule has 0 amide bonds. The summed E-state index contributed by atoms with van der Waals surface area (Å²) in [7, 11) is 0. The standard InChI is InChI=1S/C17H13ClIN/c18-16-9-8-15(13-6-1-2-7-14(13)16)17(20)11-4-3-5-12(19)10-11/h1-10,17H,20H2. The second-order valence-electron chi connectivity index (χ2n) is 4.71. The number of halogens is 2. The fourth-order valence-corrected chi connectivity index (χ4v) is 3.23. The van der Waals surface area contributed by atoms with E-state index in [9.17, 15) is 0 Å². The summed E-state index contributed by atoms with van der Waals surface area (Å²) in [6, 6.07) is 20.2. The summed E-state index contributed by atoms with van der Waals surface area (Å²) in [5.41, 5.74) is 8.67. The summed E-state index contributed by atoms with van der Waals surface area (Å²) in [6.45, 7) is 0. The first-order chi connectivity index (χ1) is 9.66. The van der Waals surface area contributed by atoms with Crippen molar-refractivity contribution in [2.75, 3.05) is 0 Å². The molecule has 20 heavy (non-hydrogen) atoms. The van der Waals surface area contributed by atoms with Crippen molar-refractivity contribution in [3.63, 3.8) is 0 Å². The van der Waals surface area contributed by atoms with Crippen LogP contribution in [0.4, 0.5) is 0 Å². The Morgan fingerprint density at radius 1 is 0.900 bits per heavy atom. The monoisotopic (exact) mass is 393 g/mol. The molecule has 3 heteroatoms. The first-order valence-corrected chi connectivity index (χ1v) is 7.80. The topological polar surface area (TPSA) is 26.0 Å². The number of benzene rings is 3. The lowest BCUT2D eigenvalue weighted by molar-refractivity contribution is 0.880. The van der Waals surface area contributed by atoms with Gasteiger partial charge in [-0.15, -0.1) is 0 Å². The van der Waals surface area contributed by atoms with E-state index in [-0.39, 0.29) is 6.04 Å². The molecule has 0 aliphatic heterocycles. The lowest BCUT2D eigenvalue weighted by atomic mass is 9.94. The van der Waals surface area contributed by atoms with Crippen molar-refractivity contribution in [2.45, 2.75) is 6.04 Å². The van der Waals surface area contributed by atoms with Crippen molar-refractivity contribution < 1.29 is 0 Å². The van der Waals surface area contributed by atoms with Gasteiger partial charge in [-0.25, -0.2) is 0 Å². The van der Waals surface area contributed by atoms with Gasteiger partial charge >= 0.3 is 0 Å². The van der Waals surface area contributed by atoms with E-state index in [1.165, 1.54) is 3.57 Å². The van der Waals surface area contributed by atoms with E-state index in [1.54, 1.807) is 0 Å². The lowest BCUT2D eigenvalue weighted by Gasteiger charge is -2.16. The zero-order chi connectivity index (χ0) is 14.1. The highest BCUT2D eigenvalue weighted by atomic mass is 127. The van der Waals surface area contributed by atoms with Gasteiger partial charge in [-0.2, -0.15) is 0 Å². The maximum Gasteiger partial charge on any atom is 0.0558 e. The molecular weight excluding hydrogens is 381 g/mol. The number of hydrogen-bond acceptors (Lipinski definition) is 1. The third-order valence-electron chi connectivity index (χ3n) is 3.45. The number of fused-ring (bicyclic) bond motifs is 1. The number of nitrogens with two attached hydrogens (primary N) is 1. The van der Waals surface area contributed by atoms with Crippen LogP contribution in [-0.4, -0.2) is 0 Å². The second-order valence-corrected chi connectivity index (χ2v) is 6.37. The van der Waals surface area contributed by atoms with Crippen molar-refractivity contribution in [2.24, 2.45) is 5.73 Å². The van der Waals surface area contributed by atoms with E-state index in [2.05, 4.69) is 46.9 Å². The van der Waals surface area contributed by atoms with E-state index < -0.39 is 0 Å². The van der Waals surface area contributed by atoms with Gasteiger partial charge in [0, 0.05) is 14.0 Å². The molecular formula is C17H13ClIN. The molecule has 0 aliphatic rings. The molecule has 0 heterocycles. The molecule has 1 nitrogen and oxygen atoms in total. The maximum atomic E-state index is 6.45. The van der Waals surface area contributed by atoms with Gasteiger partial charge in [0.1, 0.15) is 0 Å². The molecule has 0 radical (unpaired) electrons. The Labute approximate surface area is 136 Å². The van der Waals surface area contributed by atoms with Gasteiger partial charge in [0.15, 0.2) is 0 Å². The van der Waals surface area contributed by atoms with Crippen LogP contribution >= 0.6 is 34.2 Å². The Balaban J connectivity index is 2.17. The van der Waals surface area contributed by atoms with E-state index >= 15 is 0 Å². The van der Waals surface area contributed by atoms with Crippen LogP contribution < -0.4 is 5.73 Å². The minimum absolute atomic E-state index is 0.146. The van der Waals surface area contributed by atoms with E-state index in [0.29, 0.717) is 0 Å². The van der Waals surface area contributed by atoms with Gasteiger partial charge in [-0.05, 0) is 57.3 Å². The smallest absolute Gasteiger partial charge is 0.0558 e. The van der Waals surface area contributed by atoms with Crippen LogP contribution in [0.2, 0.25) is 5.02 Å². The summed E-state index contributed by atoms with van der Waals surface area (Å²) in [6.07, 6.45) is 0. The molecule has 2 N–H and O–H groups in total. The van der Waals surface area contributed by atoms with Crippen LogP contribution in [-0.2, 0) is 0 Å². The molecule has 0 aliphatic carbocycles. The van der Waals surface area contributed by atoms with Crippen LogP contribution in [0.3, 0.4) is 0 Å². The van der Waals surface area contributed by atoms with Crippen LogP contribution in [0.25, 0.3) is 10.8 Å². The Bertz CT molecular complexity index is 770. The van der Waals surface area contributed by atoms with Crippen LogP contribution in [0, 0.1) is 3.57 Å². The molecule has 100 valence electrons. The van der Waals surface area contributed by atoms with Gasteiger partial charge in [-0.1, -0.05) is 54.1 Å². The molecule has 3 aromatic carbocycles. The third-order valence-corrected chi connectivity index (χ3v) is 4.45. The van der Waals surface area contributed by atoms with Gasteiger partial charge in [0.25, 0.3) is 0 Å². The van der Waals surface area contributed by atoms with Gasteiger partial charge in [0.05, 0.1) is 6.04 Å². The minimum atomic E-state index is -0.146.